The summed E-state index contributed by atoms with van der Waals surface area (Å²) >= 11 is 1.45. The third-order valence-electron chi connectivity index (χ3n) is 3.45. The third kappa shape index (κ3) is 2.99. The zero-order chi connectivity index (χ0) is 15.5. The molecule has 0 bridgehead atoms. The molecule has 0 aliphatic heterocycles. The second-order valence-corrected chi connectivity index (χ2v) is 6.11. The molecule has 0 fully saturated rings. The summed E-state index contributed by atoms with van der Waals surface area (Å²) in [6.07, 6.45) is 5.45. The van der Waals surface area contributed by atoms with Crippen molar-refractivity contribution in [1.82, 2.24) is 14.5 Å². The highest BCUT2D eigenvalue weighted by molar-refractivity contribution is 7.99. The number of nitrogens with one attached hydrogen (secondary N) is 1. The molecule has 5 heteroatoms. The third-order valence-corrected chi connectivity index (χ3v) is 4.42. The first-order valence-corrected chi connectivity index (χ1v) is 8.04. The van der Waals surface area contributed by atoms with Crippen molar-refractivity contribution in [2.75, 3.05) is 5.75 Å². The van der Waals surface area contributed by atoms with E-state index in [4.69, 9.17) is 0 Å². The summed E-state index contributed by atoms with van der Waals surface area (Å²) in [5, 5.41) is 0.826. The van der Waals surface area contributed by atoms with E-state index in [1.54, 1.807) is 18.5 Å². The second kappa shape index (κ2) is 6.23. The number of benzene rings is 1. The number of H-pyrrole nitrogens is 1. The predicted octanol–water partition coefficient (Wildman–Crippen LogP) is 3.79. The molecule has 0 radical (unpaired) electrons. The Morgan fingerprint density at radius 2 is 2.18 bits per heavy atom. The van der Waals surface area contributed by atoms with E-state index in [9.17, 15) is 4.79 Å². The van der Waals surface area contributed by atoms with E-state index in [1.807, 2.05) is 16.8 Å². The summed E-state index contributed by atoms with van der Waals surface area (Å²) in [6, 6.07) is 9.94. The van der Waals surface area contributed by atoms with Crippen LogP contribution in [-0.4, -0.2) is 26.1 Å². The van der Waals surface area contributed by atoms with Crippen LogP contribution in [0.4, 0.5) is 0 Å². The van der Waals surface area contributed by atoms with Crippen LogP contribution in [0.5, 0.6) is 0 Å². The Balaban J connectivity index is 1.79. The highest BCUT2D eigenvalue weighted by atomic mass is 32.2. The van der Waals surface area contributed by atoms with Gasteiger partial charge >= 0.3 is 0 Å². The van der Waals surface area contributed by atoms with Crippen molar-refractivity contribution in [2.45, 2.75) is 19.0 Å². The number of aryl methyl sites for hydroxylation is 2. The van der Waals surface area contributed by atoms with Gasteiger partial charge in [-0.05, 0) is 37.6 Å². The van der Waals surface area contributed by atoms with Gasteiger partial charge in [-0.1, -0.05) is 29.5 Å². The lowest BCUT2D eigenvalue weighted by Gasteiger charge is -2.11. The van der Waals surface area contributed by atoms with Crippen LogP contribution in [0.1, 0.15) is 21.6 Å². The van der Waals surface area contributed by atoms with Gasteiger partial charge in [0.2, 0.25) is 0 Å². The molecule has 2 aromatic heterocycles. The summed E-state index contributed by atoms with van der Waals surface area (Å²) < 4.78 is 2.03. The Morgan fingerprint density at radius 1 is 1.32 bits per heavy atom. The van der Waals surface area contributed by atoms with E-state index in [2.05, 4.69) is 42.0 Å². The molecule has 0 unspecified atom stereocenters. The SMILES string of the molecule is Cc1ccc(-n2ccnc2SCC(=O)c2ccc[nH]2)c(C)c1. The first-order valence-electron chi connectivity index (χ1n) is 7.05. The number of nitrogens with zero attached hydrogens (tertiary/aromatic N) is 2. The van der Waals surface area contributed by atoms with Crippen LogP contribution in [0.3, 0.4) is 0 Å². The number of carbonyl (C=O) groups excluding carboxylic acids is 1. The molecule has 0 aliphatic carbocycles. The van der Waals surface area contributed by atoms with E-state index in [-0.39, 0.29) is 5.78 Å². The monoisotopic (exact) mass is 311 g/mol. The Bertz CT molecular complexity index is 790. The van der Waals surface area contributed by atoms with Gasteiger partial charge < -0.3 is 4.98 Å². The van der Waals surface area contributed by atoms with Crippen LogP contribution in [0.25, 0.3) is 5.69 Å². The Labute approximate surface area is 133 Å². The van der Waals surface area contributed by atoms with Gasteiger partial charge in [-0.15, -0.1) is 0 Å². The lowest BCUT2D eigenvalue weighted by atomic mass is 10.1. The molecule has 0 saturated heterocycles. The van der Waals surface area contributed by atoms with Gasteiger partial charge in [-0.25, -0.2) is 4.98 Å². The minimum Gasteiger partial charge on any atom is -0.359 e. The molecule has 0 amide bonds. The number of carbonyl (C=O) groups is 1. The van der Waals surface area contributed by atoms with Crippen molar-refractivity contribution in [3.05, 3.63) is 65.7 Å². The van der Waals surface area contributed by atoms with Gasteiger partial charge in [-0.3, -0.25) is 9.36 Å². The maximum Gasteiger partial charge on any atom is 0.189 e. The van der Waals surface area contributed by atoms with Crippen LogP contribution in [0, 0.1) is 13.8 Å². The predicted molar refractivity (Wildman–Crippen MR) is 88.9 cm³/mol. The molecule has 4 nitrogen and oxygen atoms in total. The normalized spacial score (nSPS) is 10.8. The molecule has 3 rings (SSSR count). The number of rotatable bonds is 5. The molecule has 2 heterocycles. The number of aromatic nitrogens is 3. The smallest absolute Gasteiger partial charge is 0.189 e. The largest absolute Gasteiger partial charge is 0.359 e. The molecule has 0 saturated carbocycles. The summed E-state index contributed by atoms with van der Waals surface area (Å²) in [7, 11) is 0. The zero-order valence-electron chi connectivity index (χ0n) is 12.5. The molecule has 3 aromatic rings. The Morgan fingerprint density at radius 3 is 2.91 bits per heavy atom. The topological polar surface area (TPSA) is 50.7 Å². The molecule has 0 spiro atoms. The highest BCUT2D eigenvalue weighted by Gasteiger charge is 2.12. The standard InChI is InChI=1S/C17H17N3OS/c1-12-5-6-15(13(2)10-12)20-9-8-19-17(20)22-11-16(21)14-4-3-7-18-14/h3-10,18H,11H2,1-2H3. The van der Waals surface area contributed by atoms with Crippen molar-refractivity contribution < 1.29 is 4.79 Å². The van der Waals surface area contributed by atoms with Crippen molar-refractivity contribution in [3.8, 4) is 5.69 Å². The van der Waals surface area contributed by atoms with Crippen LogP contribution >= 0.6 is 11.8 Å². The summed E-state index contributed by atoms with van der Waals surface area (Å²) in [4.78, 5) is 19.4. The van der Waals surface area contributed by atoms with Crippen molar-refractivity contribution in [1.29, 1.82) is 0 Å². The molecule has 22 heavy (non-hydrogen) atoms. The fraction of sp³-hybridized carbons (Fsp3) is 0.176. The molecule has 1 N–H and O–H groups in total. The fourth-order valence-electron chi connectivity index (χ4n) is 2.37. The summed E-state index contributed by atoms with van der Waals surface area (Å²) in [5.41, 5.74) is 4.16. The number of Topliss-reactive ketones (excluding diaryl/α,β-unsaturated/α-hetero) is 1. The van der Waals surface area contributed by atoms with Crippen molar-refractivity contribution in [2.24, 2.45) is 0 Å². The van der Waals surface area contributed by atoms with Gasteiger partial charge in [0.05, 0.1) is 17.1 Å². The van der Waals surface area contributed by atoms with E-state index >= 15 is 0 Å². The number of ketones is 1. The number of aromatic amines is 1. The van der Waals surface area contributed by atoms with Gasteiger partial charge in [0.1, 0.15) is 0 Å². The van der Waals surface area contributed by atoms with E-state index < -0.39 is 0 Å². The quantitative estimate of drug-likeness (QED) is 0.576. The summed E-state index contributed by atoms with van der Waals surface area (Å²) in [6.45, 7) is 4.16. The zero-order valence-corrected chi connectivity index (χ0v) is 13.4. The first kappa shape index (κ1) is 14.7. The molecule has 0 atom stereocenters. The van der Waals surface area contributed by atoms with E-state index in [0.717, 1.165) is 10.8 Å². The fourth-order valence-corrected chi connectivity index (χ4v) is 3.22. The van der Waals surface area contributed by atoms with Crippen molar-refractivity contribution >= 4 is 17.5 Å². The molecule has 112 valence electrons. The average molecular weight is 311 g/mol. The Hall–Kier alpha value is -2.27. The Kier molecular flexibility index (Phi) is 4.15. The molecular weight excluding hydrogens is 294 g/mol. The number of hydrogen-bond acceptors (Lipinski definition) is 3. The lowest BCUT2D eigenvalue weighted by molar-refractivity contribution is 0.101. The number of thioether (sulfide) groups is 1. The van der Waals surface area contributed by atoms with Gasteiger partial charge in [0, 0.05) is 18.6 Å². The van der Waals surface area contributed by atoms with E-state index in [1.165, 1.54) is 22.9 Å². The summed E-state index contributed by atoms with van der Waals surface area (Å²) in [5.74, 6) is 0.438. The van der Waals surface area contributed by atoms with Crippen LogP contribution in [0.2, 0.25) is 0 Å². The maximum atomic E-state index is 12.1. The van der Waals surface area contributed by atoms with Crippen LogP contribution in [-0.2, 0) is 0 Å². The second-order valence-electron chi connectivity index (χ2n) is 5.17. The molecule has 0 aliphatic rings. The van der Waals surface area contributed by atoms with Crippen LogP contribution < -0.4 is 0 Å². The van der Waals surface area contributed by atoms with Crippen LogP contribution in [0.15, 0.2) is 54.1 Å². The highest BCUT2D eigenvalue weighted by Crippen LogP contribution is 2.23. The van der Waals surface area contributed by atoms with Gasteiger partial charge in [0.25, 0.3) is 0 Å². The minimum atomic E-state index is 0.0742. The van der Waals surface area contributed by atoms with Gasteiger partial charge in [-0.2, -0.15) is 0 Å². The maximum absolute atomic E-state index is 12.1. The molecule has 1 aromatic carbocycles. The minimum absolute atomic E-state index is 0.0742. The van der Waals surface area contributed by atoms with E-state index in [0.29, 0.717) is 11.4 Å². The van der Waals surface area contributed by atoms with Crippen molar-refractivity contribution in [3.63, 3.8) is 0 Å². The average Bonchev–Trinajstić information content (AvgIpc) is 3.16. The first-order chi connectivity index (χ1) is 10.6. The molecular formula is C17H17N3OS. The number of hydrogen-bond donors (Lipinski definition) is 1. The number of imidazole rings is 1. The lowest BCUT2D eigenvalue weighted by Crippen LogP contribution is -2.05. The van der Waals surface area contributed by atoms with Gasteiger partial charge in [0.15, 0.2) is 10.9 Å².